The number of methoxy groups -OCH3 is 1. The van der Waals surface area contributed by atoms with Crippen molar-refractivity contribution in [2.75, 3.05) is 40.3 Å². The maximum atomic E-state index is 5.24. The van der Waals surface area contributed by atoms with Gasteiger partial charge >= 0.3 is 0 Å². The molecule has 0 radical (unpaired) electrons. The lowest BCUT2D eigenvalue weighted by Gasteiger charge is -2.32. The summed E-state index contributed by atoms with van der Waals surface area (Å²) < 4.78 is 5.24. The Bertz CT molecular complexity index is 790. The van der Waals surface area contributed by atoms with Crippen molar-refractivity contribution in [3.05, 3.63) is 45.4 Å². The molecular formula is C23H35N5OS. The van der Waals surface area contributed by atoms with Crippen LogP contribution in [-0.4, -0.2) is 56.2 Å². The molecule has 0 saturated carbocycles. The summed E-state index contributed by atoms with van der Waals surface area (Å²) >= 11 is 1.79. The number of hydrogen-bond acceptors (Lipinski definition) is 5. The first-order chi connectivity index (χ1) is 14.6. The molecule has 2 N–H and O–H groups in total. The largest absolute Gasteiger partial charge is 0.497 e. The van der Waals surface area contributed by atoms with Crippen LogP contribution in [-0.2, 0) is 13.0 Å². The number of nitrogens with one attached hydrogen (secondary N) is 2. The molecule has 6 nitrogen and oxygen atoms in total. The molecule has 164 valence electrons. The third-order valence-electron chi connectivity index (χ3n) is 5.76. The van der Waals surface area contributed by atoms with Gasteiger partial charge in [-0.2, -0.15) is 0 Å². The highest BCUT2D eigenvalue weighted by atomic mass is 32.1. The molecule has 1 aromatic heterocycles. The van der Waals surface area contributed by atoms with Gasteiger partial charge in [0.25, 0.3) is 0 Å². The van der Waals surface area contributed by atoms with Crippen LogP contribution in [0.5, 0.6) is 5.75 Å². The molecule has 0 spiro atoms. The van der Waals surface area contributed by atoms with E-state index in [4.69, 9.17) is 4.74 Å². The predicted octanol–water partition coefficient (Wildman–Crippen LogP) is 3.39. The van der Waals surface area contributed by atoms with E-state index in [0.29, 0.717) is 5.92 Å². The monoisotopic (exact) mass is 429 g/mol. The summed E-state index contributed by atoms with van der Waals surface area (Å²) in [5.41, 5.74) is 2.50. The van der Waals surface area contributed by atoms with E-state index in [1.807, 2.05) is 19.2 Å². The fourth-order valence-electron chi connectivity index (χ4n) is 3.73. The van der Waals surface area contributed by atoms with Gasteiger partial charge in [0.15, 0.2) is 5.96 Å². The van der Waals surface area contributed by atoms with Gasteiger partial charge in [-0.15, -0.1) is 11.3 Å². The maximum absolute atomic E-state index is 5.24. The quantitative estimate of drug-likeness (QED) is 0.498. The van der Waals surface area contributed by atoms with E-state index in [1.54, 1.807) is 18.4 Å². The predicted molar refractivity (Wildman–Crippen MR) is 126 cm³/mol. The number of hydrogen-bond donors (Lipinski definition) is 2. The molecule has 0 unspecified atom stereocenters. The lowest BCUT2D eigenvalue weighted by Crippen LogP contribution is -2.43. The standard InChI is InChI=1S/C23H35N5OS/c1-17-18(2)30-22(27-17)9-12-25-23(24-3)26-15-19-10-13-28(14-11-19)16-20-5-7-21(29-4)8-6-20/h5-8,19H,9-16H2,1-4H3,(H2,24,25,26). The number of rotatable bonds is 8. The van der Waals surface area contributed by atoms with Crippen LogP contribution < -0.4 is 15.4 Å². The third kappa shape index (κ3) is 6.71. The van der Waals surface area contributed by atoms with Crippen LogP contribution in [0.25, 0.3) is 0 Å². The van der Waals surface area contributed by atoms with Crippen molar-refractivity contribution >= 4 is 17.3 Å². The van der Waals surface area contributed by atoms with E-state index < -0.39 is 0 Å². The van der Waals surface area contributed by atoms with Crippen molar-refractivity contribution < 1.29 is 4.74 Å². The SMILES string of the molecule is CN=C(NCCc1nc(C)c(C)s1)NCC1CCN(Cc2ccc(OC)cc2)CC1. The van der Waals surface area contributed by atoms with Gasteiger partial charge in [-0.25, -0.2) is 4.98 Å². The molecule has 1 saturated heterocycles. The average molecular weight is 430 g/mol. The molecule has 1 aliphatic rings. The van der Waals surface area contributed by atoms with Gasteiger partial charge in [0.05, 0.1) is 17.8 Å². The van der Waals surface area contributed by atoms with E-state index in [1.165, 1.54) is 28.3 Å². The second-order valence-corrected chi connectivity index (χ2v) is 9.23. The Labute approximate surface area is 184 Å². The summed E-state index contributed by atoms with van der Waals surface area (Å²) in [4.78, 5) is 12.8. The summed E-state index contributed by atoms with van der Waals surface area (Å²) in [5, 5.41) is 8.12. The number of guanidine groups is 1. The van der Waals surface area contributed by atoms with Gasteiger partial charge in [-0.1, -0.05) is 12.1 Å². The Balaban J connectivity index is 1.33. The smallest absolute Gasteiger partial charge is 0.190 e. The molecule has 0 atom stereocenters. The van der Waals surface area contributed by atoms with Crippen LogP contribution in [0.15, 0.2) is 29.3 Å². The Hall–Kier alpha value is -2.12. The first-order valence-corrected chi connectivity index (χ1v) is 11.6. The summed E-state index contributed by atoms with van der Waals surface area (Å²) in [6.45, 7) is 9.35. The number of likely N-dealkylation sites (tertiary alicyclic amines) is 1. The highest BCUT2D eigenvalue weighted by Crippen LogP contribution is 2.20. The van der Waals surface area contributed by atoms with Gasteiger partial charge in [-0.05, 0) is 63.4 Å². The number of aliphatic imine (C=N–C) groups is 1. The van der Waals surface area contributed by atoms with Gasteiger partial charge < -0.3 is 15.4 Å². The Morgan fingerprint density at radius 1 is 1.20 bits per heavy atom. The zero-order valence-corrected chi connectivity index (χ0v) is 19.5. The summed E-state index contributed by atoms with van der Waals surface area (Å²) in [6, 6.07) is 8.41. The van der Waals surface area contributed by atoms with Gasteiger partial charge in [0, 0.05) is 38.0 Å². The molecule has 7 heteroatoms. The van der Waals surface area contributed by atoms with Crippen molar-refractivity contribution in [3.63, 3.8) is 0 Å². The van der Waals surface area contributed by atoms with Crippen LogP contribution in [0.3, 0.4) is 0 Å². The Morgan fingerprint density at radius 2 is 1.93 bits per heavy atom. The lowest BCUT2D eigenvalue weighted by molar-refractivity contribution is 0.178. The maximum Gasteiger partial charge on any atom is 0.190 e. The minimum atomic E-state index is 0.694. The van der Waals surface area contributed by atoms with E-state index in [0.717, 1.165) is 56.5 Å². The van der Waals surface area contributed by atoms with Crippen molar-refractivity contribution in [1.29, 1.82) is 0 Å². The molecule has 0 bridgehead atoms. The van der Waals surface area contributed by atoms with Crippen molar-refractivity contribution in [1.82, 2.24) is 20.5 Å². The van der Waals surface area contributed by atoms with E-state index in [-0.39, 0.29) is 0 Å². The minimum Gasteiger partial charge on any atom is -0.497 e. The second kappa shape index (κ2) is 11.3. The topological polar surface area (TPSA) is 61.8 Å². The highest BCUT2D eigenvalue weighted by molar-refractivity contribution is 7.11. The zero-order valence-electron chi connectivity index (χ0n) is 18.7. The van der Waals surface area contributed by atoms with Crippen LogP contribution >= 0.6 is 11.3 Å². The normalized spacial score (nSPS) is 15.9. The number of benzene rings is 1. The fraction of sp³-hybridized carbons (Fsp3) is 0.565. The molecule has 1 aromatic carbocycles. The van der Waals surface area contributed by atoms with Crippen molar-refractivity contribution in [2.45, 2.75) is 39.7 Å². The van der Waals surface area contributed by atoms with E-state index in [2.05, 4.69) is 51.5 Å². The van der Waals surface area contributed by atoms with Gasteiger partial charge in [-0.3, -0.25) is 9.89 Å². The second-order valence-electron chi connectivity index (χ2n) is 7.95. The molecule has 2 aromatic rings. The van der Waals surface area contributed by atoms with Crippen LogP contribution in [0.4, 0.5) is 0 Å². The highest BCUT2D eigenvalue weighted by Gasteiger charge is 2.19. The van der Waals surface area contributed by atoms with Crippen molar-refractivity contribution in [2.24, 2.45) is 10.9 Å². The Morgan fingerprint density at radius 3 is 2.53 bits per heavy atom. The molecule has 1 fully saturated rings. The van der Waals surface area contributed by atoms with Gasteiger partial charge in [0.2, 0.25) is 0 Å². The van der Waals surface area contributed by atoms with Crippen LogP contribution in [0, 0.1) is 19.8 Å². The molecule has 0 amide bonds. The Kier molecular flexibility index (Phi) is 8.51. The molecule has 2 heterocycles. The first-order valence-electron chi connectivity index (χ1n) is 10.8. The number of thiazole rings is 1. The minimum absolute atomic E-state index is 0.694. The van der Waals surface area contributed by atoms with E-state index >= 15 is 0 Å². The van der Waals surface area contributed by atoms with Crippen LogP contribution in [0.1, 0.15) is 34.0 Å². The zero-order chi connectivity index (χ0) is 21.3. The van der Waals surface area contributed by atoms with Gasteiger partial charge in [0.1, 0.15) is 5.75 Å². The molecule has 3 rings (SSSR count). The summed E-state index contributed by atoms with van der Waals surface area (Å²) in [7, 11) is 3.55. The number of aromatic nitrogens is 1. The summed E-state index contributed by atoms with van der Waals surface area (Å²) in [6.07, 6.45) is 3.37. The summed E-state index contributed by atoms with van der Waals surface area (Å²) in [5.74, 6) is 2.50. The first kappa shape index (κ1) is 22.6. The molecular weight excluding hydrogens is 394 g/mol. The molecule has 30 heavy (non-hydrogen) atoms. The van der Waals surface area contributed by atoms with E-state index in [9.17, 15) is 0 Å². The van der Waals surface area contributed by atoms with Crippen molar-refractivity contribution in [3.8, 4) is 5.75 Å². The lowest BCUT2D eigenvalue weighted by atomic mass is 9.96. The fourth-order valence-corrected chi connectivity index (χ4v) is 4.67. The number of ether oxygens (including phenoxy) is 1. The number of piperidine rings is 1. The average Bonchev–Trinajstić information content (AvgIpc) is 3.09. The molecule has 1 aliphatic heterocycles. The molecule has 0 aliphatic carbocycles. The number of aryl methyl sites for hydroxylation is 2. The third-order valence-corrected chi connectivity index (χ3v) is 6.89. The number of nitrogens with zero attached hydrogens (tertiary/aromatic N) is 3. The van der Waals surface area contributed by atoms with Crippen LogP contribution in [0.2, 0.25) is 0 Å².